The van der Waals surface area contributed by atoms with Gasteiger partial charge in [0.1, 0.15) is 23.1 Å². The molecular weight excluding hydrogens is 502 g/mol. The van der Waals surface area contributed by atoms with Gasteiger partial charge in [0.25, 0.3) is 6.43 Å². The van der Waals surface area contributed by atoms with E-state index >= 15 is 0 Å². The molecule has 1 aliphatic heterocycles. The van der Waals surface area contributed by atoms with Gasteiger partial charge in [-0.15, -0.1) is 0 Å². The zero-order valence-electron chi connectivity index (χ0n) is 22.4. The van der Waals surface area contributed by atoms with Crippen molar-refractivity contribution in [2.24, 2.45) is 0 Å². The summed E-state index contributed by atoms with van der Waals surface area (Å²) in [5.41, 5.74) is 0.402. The molecule has 1 fully saturated rings. The normalized spacial score (nSPS) is 22.1. The molecule has 9 heteroatoms. The monoisotopic (exact) mass is 534 g/mol. The van der Waals surface area contributed by atoms with Crippen molar-refractivity contribution in [2.45, 2.75) is 50.2 Å². The smallest absolute Gasteiger partial charge is 0.250 e. The first-order valence-electron chi connectivity index (χ1n) is 12.7. The number of pyridine rings is 1. The average molecular weight is 535 g/mol. The molecule has 3 atom stereocenters. The van der Waals surface area contributed by atoms with Gasteiger partial charge < -0.3 is 19.9 Å². The number of rotatable bonds is 5. The summed E-state index contributed by atoms with van der Waals surface area (Å²) in [5.74, 6) is 0.436. The fraction of sp³-hybridized carbons (Fsp3) is 0.367. The Morgan fingerprint density at radius 3 is 2.31 bits per heavy atom. The Balaban J connectivity index is 0.000000467. The molecule has 0 saturated heterocycles. The Hall–Kier alpha value is -4.05. The summed E-state index contributed by atoms with van der Waals surface area (Å²) in [6.45, 7) is 3.79. The molecule has 1 saturated carbocycles. The molecule has 0 spiro atoms. The third kappa shape index (κ3) is 5.29. The Morgan fingerprint density at radius 1 is 1.13 bits per heavy atom. The summed E-state index contributed by atoms with van der Waals surface area (Å²) in [7, 11) is 2.96. The zero-order chi connectivity index (χ0) is 28.6. The highest BCUT2D eigenvalue weighted by molar-refractivity contribution is 5.58. The largest absolute Gasteiger partial charge is 0.481 e. The molecule has 39 heavy (non-hydrogen) atoms. The molecule has 2 heterocycles. The minimum absolute atomic E-state index is 0.158. The van der Waals surface area contributed by atoms with Crippen molar-refractivity contribution in [3.63, 3.8) is 0 Å². The van der Waals surface area contributed by atoms with Gasteiger partial charge in [-0.3, -0.25) is 0 Å². The molecule has 1 aliphatic carbocycles. The molecule has 1 aromatic heterocycles. The van der Waals surface area contributed by atoms with E-state index in [1.165, 1.54) is 14.2 Å². The first kappa shape index (κ1) is 29.5. The molecule has 0 amide bonds. The molecule has 0 radical (unpaired) electrons. The van der Waals surface area contributed by atoms with Gasteiger partial charge in [-0.1, -0.05) is 56.3 Å². The number of halogens is 2. The number of fused-ring (bicyclic) bond motifs is 3. The summed E-state index contributed by atoms with van der Waals surface area (Å²) < 4.78 is 34.1. The standard InChI is InChI=1S/C25H19N3O3.C3H7F2N.C2H6/c1-30-23-22-21(13-19(15-27)28-23)31-25(18-9-7-16(14-26)8-10-18)20(11-12-24(22,25)29)17-5-3-2-4-6-17;1-6-2-3(4)5;1-2/h2-10,13,20,29H,11-12H2,1H3;3,6H,2H2,1H3;1-2H3. The molecule has 3 aromatic rings. The maximum absolute atomic E-state index is 12.2. The van der Waals surface area contributed by atoms with E-state index in [2.05, 4.69) is 16.4 Å². The van der Waals surface area contributed by atoms with Crippen molar-refractivity contribution < 1.29 is 23.4 Å². The van der Waals surface area contributed by atoms with Crippen LogP contribution in [0.5, 0.6) is 11.6 Å². The van der Waals surface area contributed by atoms with Crippen LogP contribution in [0.4, 0.5) is 8.78 Å². The number of hydrogen-bond donors (Lipinski definition) is 2. The van der Waals surface area contributed by atoms with Crippen LogP contribution in [0.1, 0.15) is 60.6 Å². The van der Waals surface area contributed by atoms with Gasteiger partial charge in [0.2, 0.25) is 5.88 Å². The number of nitrogens with one attached hydrogen (secondary N) is 1. The van der Waals surface area contributed by atoms with Crippen LogP contribution in [0.3, 0.4) is 0 Å². The first-order valence-corrected chi connectivity index (χ1v) is 12.7. The van der Waals surface area contributed by atoms with E-state index in [1.54, 1.807) is 18.2 Å². The van der Waals surface area contributed by atoms with Crippen molar-refractivity contribution in [2.75, 3.05) is 20.7 Å². The zero-order valence-corrected chi connectivity index (χ0v) is 22.4. The predicted octanol–water partition coefficient (Wildman–Crippen LogP) is 5.38. The molecular formula is C30H32F2N4O3. The van der Waals surface area contributed by atoms with Crippen LogP contribution in [0.25, 0.3) is 0 Å². The van der Waals surface area contributed by atoms with Crippen LogP contribution in [0, 0.1) is 22.7 Å². The van der Waals surface area contributed by atoms with Crippen molar-refractivity contribution in [1.82, 2.24) is 10.3 Å². The van der Waals surface area contributed by atoms with Crippen LogP contribution in [-0.4, -0.2) is 37.2 Å². The summed E-state index contributed by atoms with van der Waals surface area (Å²) in [4.78, 5) is 4.27. The molecule has 2 N–H and O–H groups in total. The number of nitrogens with zero attached hydrogens (tertiary/aromatic N) is 3. The highest BCUT2D eigenvalue weighted by atomic mass is 19.3. The fourth-order valence-electron chi connectivity index (χ4n) is 5.37. The molecule has 5 rings (SSSR count). The third-order valence-electron chi connectivity index (χ3n) is 6.85. The Labute approximate surface area is 227 Å². The lowest BCUT2D eigenvalue weighted by Crippen LogP contribution is -2.48. The number of ether oxygens (including phenoxy) is 2. The van der Waals surface area contributed by atoms with Crippen molar-refractivity contribution in [1.29, 1.82) is 10.5 Å². The van der Waals surface area contributed by atoms with Crippen molar-refractivity contribution >= 4 is 0 Å². The molecule has 3 unspecified atom stereocenters. The molecule has 204 valence electrons. The van der Waals surface area contributed by atoms with E-state index in [1.807, 2.05) is 62.4 Å². The van der Waals surface area contributed by atoms with Gasteiger partial charge in [0, 0.05) is 12.0 Å². The summed E-state index contributed by atoms with van der Waals surface area (Å²) in [6.07, 6.45) is -1.10. The highest BCUT2D eigenvalue weighted by Gasteiger charge is 2.69. The predicted molar refractivity (Wildman–Crippen MR) is 143 cm³/mol. The van der Waals surface area contributed by atoms with E-state index in [0.29, 0.717) is 29.7 Å². The van der Waals surface area contributed by atoms with Gasteiger partial charge >= 0.3 is 0 Å². The van der Waals surface area contributed by atoms with E-state index in [-0.39, 0.29) is 24.0 Å². The SMILES string of the molecule is CC.CNCC(F)F.COc1nc(C#N)cc2c1C1(O)CCC(c3ccccc3)C1(c1ccc(C#N)cc1)O2. The van der Waals surface area contributed by atoms with Gasteiger partial charge in [0.15, 0.2) is 5.60 Å². The van der Waals surface area contributed by atoms with E-state index in [0.717, 1.165) is 11.1 Å². The van der Waals surface area contributed by atoms with Crippen LogP contribution in [0.15, 0.2) is 60.7 Å². The number of benzene rings is 2. The maximum atomic E-state index is 12.2. The highest BCUT2D eigenvalue weighted by Crippen LogP contribution is 2.67. The molecule has 2 aliphatic rings. The number of alkyl halides is 2. The second kappa shape index (κ2) is 12.7. The number of hydrogen-bond acceptors (Lipinski definition) is 7. The van der Waals surface area contributed by atoms with Crippen molar-refractivity contribution in [3.05, 3.63) is 88.6 Å². The lowest BCUT2D eigenvalue weighted by molar-refractivity contribution is -0.106. The molecule has 7 nitrogen and oxygen atoms in total. The van der Waals surface area contributed by atoms with Gasteiger partial charge in [0.05, 0.1) is 30.9 Å². The Kier molecular flexibility index (Phi) is 9.58. The fourth-order valence-corrected chi connectivity index (χ4v) is 5.37. The first-order chi connectivity index (χ1) is 18.8. The Morgan fingerprint density at radius 2 is 1.79 bits per heavy atom. The summed E-state index contributed by atoms with van der Waals surface area (Å²) >= 11 is 0. The number of nitriles is 2. The third-order valence-corrected chi connectivity index (χ3v) is 6.85. The number of methoxy groups -OCH3 is 1. The lowest BCUT2D eigenvalue weighted by Gasteiger charge is -2.40. The van der Waals surface area contributed by atoms with Crippen LogP contribution in [-0.2, 0) is 11.2 Å². The second-order valence-corrected chi connectivity index (χ2v) is 8.84. The maximum Gasteiger partial charge on any atom is 0.250 e. The van der Waals surface area contributed by atoms with Crippen molar-refractivity contribution in [3.8, 4) is 23.8 Å². The summed E-state index contributed by atoms with van der Waals surface area (Å²) in [5, 5.41) is 33.2. The lowest BCUT2D eigenvalue weighted by atomic mass is 9.72. The van der Waals surface area contributed by atoms with Gasteiger partial charge in [-0.05, 0) is 43.1 Å². The van der Waals surface area contributed by atoms with Crippen LogP contribution < -0.4 is 14.8 Å². The van der Waals surface area contributed by atoms with E-state index in [4.69, 9.17) is 9.47 Å². The summed E-state index contributed by atoms with van der Waals surface area (Å²) in [6, 6.07) is 22.8. The minimum atomic E-state index is -2.21. The number of aromatic nitrogens is 1. The molecule has 0 bridgehead atoms. The quantitative estimate of drug-likeness (QED) is 0.452. The minimum Gasteiger partial charge on any atom is -0.481 e. The topological polar surface area (TPSA) is 111 Å². The Bertz CT molecular complexity index is 1340. The van der Waals surface area contributed by atoms with Gasteiger partial charge in [-0.2, -0.15) is 10.5 Å². The van der Waals surface area contributed by atoms with Gasteiger partial charge in [-0.25, -0.2) is 13.8 Å². The van der Waals surface area contributed by atoms with E-state index < -0.39 is 17.6 Å². The average Bonchev–Trinajstić information content (AvgIpc) is 3.41. The van der Waals surface area contributed by atoms with Crippen LogP contribution >= 0.6 is 0 Å². The van der Waals surface area contributed by atoms with Crippen LogP contribution in [0.2, 0.25) is 0 Å². The van der Waals surface area contributed by atoms with E-state index in [9.17, 15) is 24.4 Å². The number of aliphatic hydroxyl groups is 1. The second-order valence-electron chi connectivity index (χ2n) is 8.84. The molecule has 2 aromatic carbocycles.